The number of halogens is 1. The highest BCUT2D eigenvalue weighted by molar-refractivity contribution is 6.19. The molecule has 0 aliphatic rings. The minimum atomic E-state index is -0.634. The van der Waals surface area contributed by atoms with Crippen LogP contribution in [0.2, 0.25) is 0 Å². The maximum absolute atomic E-state index is 9.05. The normalized spacial score (nSPS) is 13.4. The van der Waals surface area contributed by atoms with Crippen LogP contribution >= 0.6 is 11.6 Å². The van der Waals surface area contributed by atoms with E-state index in [0.717, 1.165) is 5.56 Å². The Morgan fingerprint density at radius 2 is 2.08 bits per heavy atom. The first-order chi connectivity index (χ1) is 6.33. The zero-order valence-corrected chi connectivity index (χ0v) is 7.98. The van der Waals surface area contributed by atoms with Crippen LogP contribution < -0.4 is 0 Å². The zero-order valence-electron chi connectivity index (χ0n) is 7.23. The van der Waals surface area contributed by atoms with Gasteiger partial charge in [0.05, 0.1) is 12.4 Å². The van der Waals surface area contributed by atoms with E-state index in [1.807, 2.05) is 30.3 Å². The standard InChI is InChI=1S/C10H12ClNO/c11-6-10(13)8-12-7-9-4-2-1-3-5-9/h1-5,8,10,13H,6-7H2/t10-/m1/s1. The molecule has 2 nitrogen and oxygen atoms in total. The van der Waals surface area contributed by atoms with Crippen LogP contribution in [0.25, 0.3) is 0 Å². The molecule has 0 aliphatic heterocycles. The van der Waals surface area contributed by atoms with Gasteiger partial charge < -0.3 is 5.11 Å². The Morgan fingerprint density at radius 3 is 2.69 bits per heavy atom. The summed E-state index contributed by atoms with van der Waals surface area (Å²) in [5.74, 6) is 0.193. The van der Waals surface area contributed by atoms with Gasteiger partial charge in [0, 0.05) is 6.21 Å². The largest absolute Gasteiger partial charge is 0.386 e. The fourth-order valence-electron chi connectivity index (χ4n) is 0.903. The molecule has 0 saturated carbocycles. The van der Waals surface area contributed by atoms with Gasteiger partial charge in [0.1, 0.15) is 6.10 Å². The van der Waals surface area contributed by atoms with Gasteiger partial charge in [0.2, 0.25) is 0 Å². The third-order valence-corrected chi connectivity index (χ3v) is 1.87. The number of alkyl halides is 1. The predicted molar refractivity (Wildman–Crippen MR) is 55.4 cm³/mol. The van der Waals surface area contributed by atoms with Crippen LogP contribution in [0.4, 0.5) is 0 Å². The Balaban J connectivity index is 2.39. The highest BCUT2D eigenvalue weighted by Crippen LogP contribution is 1.99. The van der Waals surface area contributed by atoms with Crippen molar-refractivity contribution in [1.29, 1.82) is 0 Å². The van der Waals surface area contributed by atoms with Crippen molar-refractivity contribution in [2.45, 2.75) is 12.6 Å². The smallest absolute Gasteiger partial charge is 0.102 e. The Kier molecular flexibility index (Phi) is 4.50. The summed E-state index contributed by atoms with van der Waals surface area (Å²) in [4.78, 5) is 4.05. The molecule has 0 heterocycles. The molecule has 0 bridgehead atoms. The Morgan fingerprint density at radius 1 is 1.38 bits per heavy atom. The first-order valence-electron chi connectivity index (χ1n) is 4.11. The fraction of sp³-hybridized carbons (Fsp3) is 0.300. The lowest BCUT2D eigenvalue weighted by Gasteiger charge is -1.97. The molecule has 0 saturated heterocycles. The van der Waals surface area contributed by atoms with Gasteiger partial charge in [-0.2, -0.15) is 0 Å². The highest BCUT2D eigenvalue weighted by atomic mass is 35.5. The van der Waals surface area contributed by atoms with Gasteiger partial charge in [-0.25, -0.2) is 0 Å². The van der Waals surface area contributed by atoms with Crippen molar-refractivity contribution in [2.75, 3.05) is 5.88 Å². The summed E-state index contributed by atoms with van der Waals surface area (Å²) < 4.78 is 0. The first kappa shape index (κ1) is 10.2. The summed E-state index contributed by atoms with van der Waals surface area (Å²) in [7, 11) is 0. The molecule has 70 valence electrons. The third kappa shape index (κ3) is 4.06. The lowest BCUT2D eigenvalue weighted by Crippen LogP contribution is -2.09. The van der Waals surface area contributed by atoms with Gasteiger partial charge in [-0.3, -0.25) is 4.99 Å². The van der Waals surface area contributed by atoms with E-state index in [2.05, 4.69) is 4.99 Å². The number of hydrogen-bond acceptors (Lipinski definition) is 2. The van der Waals surface area contributed by atoms with E-state index in [9.17, 15) is 0 Å². The monoisotopic (exact) mass is 197 g/mol. The number of aliphatic imine (C=N–C) groups is 1. The molecule has 0 amide bonds. The Hall–Kier alpha value is -0.860. The van der Waals surface area contributed by atoms with Crippen molar-refractivity contribution in [3.8, 4) is 0 Å². The van der Waals surface area contributed by atoms with Crippen LogP contribution in [0.5, 0.6) is 0 Å². The summed E-state index contributed by atoms with van der Waals surface area (Å²) in [6.45, 7) is 0.592. The van der Waals surface area contributed by atoms with Crippen LogP contribution in [-0.4, -0.2) is 23.3 Å². The van der Waals surface area contributed by atoms with E-state index >= 15 is 0 Å². The quantitative estimate of drug-likeness (QED) is 0.580. The average Bonchev–Trinajstić information content (AvgIpc) is 2.19. The molecule has 1 atom stereocenters. The summed E-state index contributed by atoms with van der Waals surface area (Å²) in [6.07, 6.45) is 0.838. The van der Waals surface area contributed by atoms with E-state index in [0.29, 0.717) is 6.54 Å². The molecule has 0 unspecified atom stereocenters. The van der Waals surface area contributed by atoms with Gasteiger partial charge in [-0.1, -0.05) is 30.3 Å². The van der Waals surface area contributed by atoms with Gasteiger partial charge in [-0.05, 0) is 5.56 Å². The number of nitrogens with zero attached hydrogens (tertiary/aromatic N) is 1. The minimum Gasteiger partial charge on any atom is -0.386 e. The maximum Gasteiger partial charge on any atom is 0.102 e. The van der Waals surface area contributed by atoms with Crippen molar-refractivity contribution >= 4 is 17.8 Å². The van der Waals surface area contributed by atoms with Crippen molar-refractivity contribution in [3.05, 3.63) is 35.9 Å². The van der Waals surface area contributed by atoms with Crippen molar-refractivity contribution < 1.29 is 5.11 Å². The Bertz CT molecular complexity index is 261. The molecule has 1 aromatic carbocycles. The lowest BCUT2D eigenvalue weighted by atomic mass is 10.2. The van der Waals surface area contributed by atoms with Crippen LogP contribution in [0.15, 0.2) is 35.3 Å². The summed E-state index contributed by atoms with van der Waals surface area (Å²) >= 11 is 5.39. The lowest BCUT2D eigenvalue weighted by molar-refractivity contribution is 0.269. The molecule has 3 heteroatoms. The average molecular weight is 198 g/mol. The van der Waals surface area contributed by atoms with E-state index in [4.69, 9.17) is 16.7 Å². The maximum atomic E-state index is 9.05. The molecule has 0 radical (unpaired) electrons. The molecule has 1 N–H and O–H groups in total. The zero-order chi connectivity index (χ0) is 9.52. The van der Waals surface area contributed by atoms with Crippen molar-refractivity contribution in [2.24, 2.45) is 4.99 Å². The summed E-state index contributed by atoms with van der Waals surface area (Å²) in [5, 5.41) is 9.05. The first-order valence-corrected chi connectivity index (χ1v) is 4.64. The van der Waals surface area contributed by atoms with Gasteiger partial charge >= 0.3 is 0 Å². The van der Waals surface area contributed by atoms with E-state index in [-0.39, 0.29) is 5.88 Å². The van der Waals surface area contributed by atoms with E-state index < -0.39 is 6.10 Å². The van der Waals surface area contributed by atoms with Crippen LogP contribution in [0.1, 0.15) is 5.56 Å². The second-order valence-corrected chi connectivity index (χ2v) is 3.01. The van der Waals surface area contributed by atoms with E-state index in [1.54, 1.807) is 0 Å². The van der Waals surface area contributed by atoms with Crippen molar-refractivity contribution in [3.63, 3.8) is 0 Å². The predicted octanol–water partition coefficient (Wildman–Crippen LogP) is 1.86. The van der Waals surface area contributed by atoms with Crippen LogP contribution in [-0.2, 0) is 6.54 Å². The second-order valence-electron chi connectivity index (χ2n) is 2.70. The SMILES string of the molecule is O[C@@H](C=NCc1ccccc1)CCl. The van der Waals surface area contributed by atoms with Crippen LogP contribution in [0, 0.1) is 0 Å². The molecular weight excluding hydrogens is 186 g/mol. The van der Waals surface area contributed by atoms with E-state index in [1.165, 1.54) is 6.21 Å². The molecular formula is C10H12ClNO. The molecule has 0 spiro atoms. The van der Waals surface area contributed by atoms with Gasteiger partial charge in [0.15, 0.2) is 0 Å². The second kappa shape index (κ2) is 5.73. The molecule has 1 aromatic rings. The molecule has 0 aromatic heterocycles. The molecule has 0 fully saturated rings. The summed E-state index contributed by atoms with van der Waals surface area (Å²) in [6, 6.07) is 9.86. The number of hydrogen-bond donors (Lipinski definition) is 1. The van der Waals surface area contributed by atoms with Crippen LogP contribution in [0.3, 0.4) is 0 Å². The van der Waals surface area contributed by atoms with Gasteiger partial charge in [-0.15, -0.1) is 11.6 Å². The summed E-state index contributed by atoms with van der Waals surface area (Å²) in [5.41, 5.74) is 1.13. The highest BCUT2D eigenvalue weighted by Gasteiger charge is 1.94. The topological polar surface area (TPSA) is 32.6 Å². The molecule has 0 aliphatic carbocycles. The number of aliphatic hydroxyl groups excluding tert-OH is 1. The van der Waals surface area contributed by atoms with Gasteiger partial charge in [0.25, 0.3) is 0 Å². The molecule has 13 heavy (non-hydrogen) atoms. The minimum absolute atomic E-state index is 0.193. The molecule has 1 rings (SSSR count). The number of aliphatic hydroxyl groups is 1. The number of benzene rings is 1. The fourth-order valence-corrected chi connectivity index (χ4v) is 0.983. The van der Waals surface area contributed by atoms with Crippen molar-refractivity contribution in [1.82, 2.24) is 0 Å². The number of rotatable bonds is 4. The Labute approximate surface area is 82.9 Å². The third-order valence-electron chi connectivity index (χ3n) is 1.55.